The average Bonchev–Trinajstić information content (AvgIpc) is 3.02. The number of esters is 2. The number of phosphoric acid groups is 1. The number of allylic oxidation sites excluding steroid dienone is 1. The Balaban J connectivity index is 4.28. The Morgan fingerprint density at radius 1 is 0.756 bits per heavy atom. The van der Waals surface area contributed by atoms with Crippen LogP contribution in [-0.4, -0.2) is 66.8 Å². The molecule has 0 aliphatic rings. The van der Waals surface area contributed by atoms with Gasteiger partial charge in [0.2, 0.25) is 0 Å². The van der Waals surface area contributed by atoms with E-state index in [9.17, 15) is 28.9 Å². The SMILES string of the molecule is CCCCCCCCCCCCCCCC(=O)OC[C@H](COP(=O)(O)OCCN)OC(=O)CCCCCCCC(O)/C=C/C=O. The van der Waals surface area contributed by atoms with E-state index < -0.39 is 38.6 Å². The molecule has 2 unspecified atom stereocenters. The second-order valence-corrected chi connectivity index (χ2v) is 13.0. The first kappa shape index (κ1) is 43.4. The van der Waals surface area contributed by atoms with Crippen molar-refractivity contribution < 1.29 is 47.5 Å². The van der Waals surface area contributed by atoms with Crippen molar-refractivity contribution in [2.75, 3.05) is 26.4 Å². The van der Waals surface area contributed by atoms with Gasteiger partial charge in [-0.2, -0.15) is 0 Å². The second kappa shape index (κ2) is 31.0. The van der Waals surface area contributed by atoms with E-state index in [4.69, 9.17) is 24.3 Å². The molecule has 0 heterocycles. The van der Waals surface area contributed by atoms with Crippen LogP contribution in [0.1, 0.15) is 142 Å². The normalized spacial score (nSPS) is 14.2. The van der Waals surface area contributed by atoms with Crippen LogP contribution in [0.25, 0.3) is 0 Å². The number of aldehydes is 1. The molecule has 0 bridgehead atoms. The molecule has 0 fully saturated rings. The topological polar surface area (TPSA) is 172 Å². The molecule has 0 spiro atoms. The Morgan fingerprint density at radius 2 is 1.27 bits per heavy atom. The number of unbranched alkanes of at least 4 members (excludes halogenated alkanes) is 16. The average molecular weight is 664 g/mol. The van der Waals surface area contributed by atoms with Gasteiger partial charge in [0, 0.05) is 19.4 Å². The molecule has 12 heteroatoms. The highest BCUT2D eigenvalue weighted by Crippen LogP contribution is 2.43. The van der Waals surface area contributed by atoms with Crippen molar-refractivity contribution in [1.29, 1.82) is 0 Å². The summed E-state index contributed by atoms with van der Waals surface area (Å²) in [5.41, 5.74) is 5.30. The predicted octanol–water partition coefficient (Wildman–Crippen LogP) is 6.86. The number of phosphoric ester groups is 1. The Bertz CT molecular complexity index is 810. The van der Waals surface area contributed by atoms with Gasteiger partial charge in [0.1, 0.15) is 12.9 Å². The molecule has 11 nitrogen and oxygen atoms in total. The number of aliphatic hydroxyl groups excluding tert-OH is 1. The van der Waals surface area contributed by atoms with Crippen LogP contribution in [-0.2, 0) is 37.5 Å². The number of carbonyl (C=O) groups is 3. The van der Waals surface area contributed by atoms with Gasteiger partial charge in [0.25, 0.3) is 0 Å². The number of carbonyl (C=O) groups excluding carboxylic acids is 3. The summed E-state index contributed by atoms with van der Waals surface area (Å²) in [6, 6.07) is 0. The highest BCUT2D eigenvalue weighted by Gasteiger charge is 2.25. The van der Waals surface area contributed by atoms with E-state index in [1.165, 1.54) is 69.9 Å². The number of ether oxygens (including phenoxy) is 2. The van der Waals surface area contributed by atoms with Crippen LogP contribution in [0.3, 0.4) is 0 Å². The van der Waals surface area contributed by atoms with E-state index in [2.05, 4.69) is 6.92 Å². The minimum atomic E-state index is -4.40. The first-order chi connectivity index (χ1) is 21.7. The highest BCUT2D eigenvalue weighted by molar-refractivity contribution is 7.47. The van der Waals surface area contributed by atoms with E-state index >= 15 is 0 Å². The third-order valence-corrected chi connectivity index (χ3v) is 8.29. The fourth-order valence-electron chi connectivity index (χ4n) is 4.71. The van der Waals surface area contributed by atoms with Gasteiger partial charge in [-0.1, -0.05) is 116 Å². The molecule has 3 atom stereocenters. The first-order valence-corrected chi connectivity index (χ1v) is 18.7. The zero-order valence-electron chi connectivity index (χ0n) is 27.7. The zero-order chi connectivity index (χ0) is 33.4. The number of nitrogens with two attached hydrogens (primary N) is 1. The molecule has 0 amide bonds. The maximum absolute atomic E-state index is 12.4. The van der Waals surface area contributed by atoms with Crippen molar-refractivity contribution in [2.24, 2.45) is 5.73 Å². The van der Waals surface area contributed by atoms with Crippen LogP contribution in [0.2, 0.25) is 0 Å². The molecule has 0 aromatic carbocycles. The zero-order valence-corrected chi connectivity index (χ0v) is 28.6. The van der Waals surface area contributed by atoms with Crippen molar-refractivity contribution in [3.05, 3.63) is 12.2 Å². The summed E-state index contributed by atoms with van der Waals surface area (Å²) in [7, 11) is -4.40. The molecule has 0 saturated carbocycles. The summed E-state index contributed by atoms with van der Waals surface area (Å²) in [6.07, 6.45) is 22.2. The van der Waals surface area contributed by atoms with Crippen LogP contribution < -0.4 is 5.73 Å². The van der Waals surface area contributed by atoms with E-state index in [0.29, 0.717) is 25.5 Å². The van der Waals surface area contributed by atoms with Gasteiger partial charge in [-0.15, -0.1) is 0 Å². The molecule has 264 valence electrons. The summed E-state index contributed by atoms with van der Waals surface area (Å²) >= 11 is 0. The lowest BCUT2D eigenvalue weighted by Gasteiger charge is -2.19. The fourth-order valence-corrected chi connectivity index (χ4v) is 5.48. The van der Waals surface area contributed by atoms with E-state index in [1.54, 1.807) is 0 Å². The van der Waals surface area contributed by atoms with E-state index in [1.807, 2.05) is 0 Å². The molecular formula is C33H62NO10P. The van der Waals surface area contributed by atoms with Crippen LogP contribution in [0.15, 0.2) is 12.2 Å². The summed E-state index contributed by atoms with van der Waals surface area (Å²) in [5, 5.41) is 9.69. The van der Waals surface area contributed by atoms with Crippen LogP contribution in [0.5, 0.6) is 0 Å². The Labute approximate surface area is 271 Å². The van der Waals surface area contributed by atoms with Gasteiger partial charge in [0.05, 0.1) is 19.3 Å². The van der Waals surface area contributed by atoms with Crippen molar-refractivity contribution in [2.45, 2.75) is 154 Å². The largest absolute Gasteiger partial charge is 0.472 e. The fraction of sp³-hybridized carbons (Fsp3) is 0.848. The molecule has 0 aliphatic carbocycles. The molecule has 0 aromatic rings. The number of hydrogen-bond acceptors (Lipinski definition) is 10. The minimum Gasteiger partial charge on any atom is -0.462 e. The van der Waals surface area contributed by atoms with Gasteiger partial charge in [-0.3, -0.25) is 23.4 Å². The number of rotatable bonds is 33. The minimum absolute atomic E-state index is 0.0287. The van der Waals surface area contributed by atoms with Crippen LogP contribution >= 0.6 is 7.82 Å². The Hall–Kier alpha value is -1.62. The van der Waals surface area contributed by atoms with E-state index in [-0.39, 0.29) is 32.6 Å². The molecule has 0 saturated heterocycles. The van der Waals surface area contributed by atoms with Crippen molar-refractivity contribution >= 4 is 26.0 Å². The monoisotopic (exact) mass is 663 g/mol. The molecule has 4 N–H and O–H groups in total. The molecular weight excluding hydrogens is 601 g/mol. The lowest BCUT2D eigenvalue weighted by Crippen LogP contribution is -2.29. The van der Waals surface area contributed by atoms with Gasteiger partial charge in [-0.25, -0.2) is 4.57 Å². The molecule has 0 radical (unpaired) electrons. The lowest BCUT2D eigenvalue weighted by molar-refractivity contribution is -0.161. The summed E-state index contributed by atoms with van der Waals surface area (Å²) in [6.45, 7) is 1.32. The standard InChI is InChI=1S/C33H62NO10P/c1-2-3-4-5-6-7-8-9-10-11-12-15-18-23-32(37)41-28-31(29-43-45(39,40)42-27-25-34)44-33(38)24-19-16-13-14-17-21-30(36)22-20-26-35/h20,22,26,30-31,36H,2-19,21,23-25,27-29,34H2,1H3,(H,39,40)/b22-20+/t30?,31-/m1/s1. The van der Waals surface area contributed by atoms with Gasteiger partial charge < -0.3 is 25.2 Å². The van der Waals surface area contributed by atoms with E-state index in [0.717, 1.165) is 44.9 Å². The summed E-state index contributed by atoms with van der Waals surface area (Å²) in [5.74, 6) is -0.946. The predicted molar refractivity (Wildman–Crippen MR) is 175 cm³/mol. The second-order valence-electron chi connectivity index (χ2n) is 11.6. The summed E-state index contributed by atoms with van der Waals surface area (Å²) < 4.78 is 32.4. The smallest absolute Gasteiger partial charge is 0.462 e. The van der Waals surface area contributed by atoms with Gasteiger partial charge in [0.15, 0.2) is 6.10 Å². The first-order valence-electron chi connectivity index (χ1n) is 17.2. The molecule has 0 aliphatic heterocycles. The Kier molecular flexibility index (Phi) is 29.9. The lowest BCUT2D eigenvalue weighted by atomic mass is 10.0. The van der Waals surface area contributed by atoms with Crippen LogP contribution in [0.4, 0.5) is 0 Å². The Morgan fingerprint density at radius 3 is 1.80 bits per heavy atom. The number of aliphatic hydroxyl groups is 1. The third kappa shape index (κ3) is 30.8. The van der Waals surface area contributed by atoms with Crippen molar-refractivity contribution in [3.8, 4) is 0 Å². The maximum atomic E-state index is 12.4. The van der Waals surface area contributed by atoms with Gasteiger partial charge in [-0.05, 0) is 25.3 Å². The van der Waals surface area contributed by atoms with Crippen molar-refractivity contribution in [3.63, 3.8) is 0 Å². The third-order valence-electron chi connectivity index (χ3n) is 7.30. The van der Waals surface area contributed by atoms with Gasteiger partial charge >= 0.3 is 19.8 Å². The van der Waals surface area contributed by atoms with Crippen molar-refractivity contribution in [1.82, 2.24) is 0 Å². The van der Waals surface area contributed by atoms with Crippen LogP contribution in [0, 0.1) is 0 Å². The quantitative estimate of drug-likeness (QED) is 0.0220. The molecule has 0 aromatic heterocycles. The summed E-state index contributed by atoms with van der Waals surface area (Å²) in [4.78, 5) is 44.8. The molecule has 45 heavy (non-hydrogen) atoms. The highest BCUT2D eigenvalue weighted by atomic mass is 31.2. The number of hydrogen-bond donors (Lipinski definition) is 3. The maximum Gasteiger partial charge on any atom is 0.472 e. The molecule has 0 rings (SSSR count).